The van der Waals surface area contributed by atoms with E-state index in [0.29, 0.717) is 0 Å². The van der Waals surface area contributed by atoms with Gasteiger partial charge in [0.2, 0.25) is 0 Å². The van der Waals surface area contributed by atoms with Crippen LogP contribution in [0.3, 0.4) is 0 Å². The molecule has 0 aliphatic heterocycles. The molecule has 0 saturated heterocycles. The average molecular weight is 240 g/mol. The highest BCUT2D eigenvalue weighted by Gasteiger charge is 2.23. The zero-order valence-electron chi connectivity index (χ0n) is 8.60. The van der Waals surface area contributed by atoms with Gasteiger partial charge in [0.05, 0.1) is 5.51 Å². The quantitative estimate of drug-likeness (QED) is 0.839. The summed E-state index contributed by atoms with van der Waals surface area (Å²) in [4.78, 5) is 26.4. The SMILES string of the molecule is O=C(NC1CCCC1)c1ncsc1C(=O)O. The molecule has 0 atom stereocenters. The van der Waals surface area contributed by atoms with Crippen molar-refractivity contribution >= 4 is 23.2 Å². The Bertz CT molecular complexity index is 410. The first-order chi connectivity index (χ1) is 7.68. The maximum absolute atomic E-state index is 11.8. The number of nitrogens with zero attached hydrogens (tertiary/aromatic N) is 1. The summed E-state index contributed by atoms with van der Waals surface area (Å²) in [6, 6.07) is 0.177. The molecule has 0 unspecified atom stereocenters. The molecule has 1 saturated carbocycles. The topological polar surface area (TPSA) is 79.3 Å². The molecule has 1 amide bonds. The Hall–Kier alpha value is -1.43. The molecule has 6 heteroatoms. The van der Waals surface area contributed by atoms with Gasteiger partial charge in [0.25, 0.3) is 5.91 Å². The van der Waals surface area contributed by atoms with Gasteiger partial charge >= 0.3 is 5.97 Å². The molecule has 86 valence electrons. The fourth-order valence-electron chi connectivity index (χ4n) is 1.88. The molecule has 0 spiro atoms. The predicted molar refractivity (Wildman–Crippen MR) is 58.8 cm³/mol. The number of rotatable bonds is 3. The average Bonchev–Trinajstić information content (AvgIpc) is 2.86. The van der Waals surface area contributed by atoms with Gasteiger partial charge < -0.3 is 10.4 Å². The summed E-state index contributed by atoms with van der Waals surface area (Å²) >= 11 is 0.972. The molecular formula is C10H12N2O3S. The molecule has 2 rings (SSSR count). The number of carboxylic acid groups (broad SMARTS) is 1. The first-order valence-corrected chi connectivity index (χ1v) is 6.04. The highest BCUT2D eigenvalue weighted by atomic mass is 32.1. The maximum Gasteiger partial charge on any atom is 0.348 e. The lowest BCUT2D eigenvalue weighted by atomic mass is 10.2. The Morgan fingerprint density at radius 2 is 2.12 bits per heavy atom. The largest absolute Gasteiger partial charge is 0.477 e. The van der Waals surface area contributed by atoms with Crippen molar-refractivity contribution in [2.24, 2.45) is 0 Å². The van der Waals surface area contributed by atoms with E-state index in [2.05, 4.69) is 10.3 Å². The van der Waals surface area contributed by atoms with Crippen LogP contribution in [0.5, 0.6) is 0 Å². The number of aromatic nitrogens is 1. The fraction of sp³-hybridized carbons (Fsp3) is 0.500. The van der Waals surface area contributed by atoms with Gasteiger partial charge in [0, 0.05) is 6.04 Å². The van der Waals surface area contributed by atoms with Crippen LogP contribution in [0.25, 0.3) is 0 Å². The van der Waals surface area contributed by atoms with Gasteiger partial charge in [-0.2, -0.15) is 0 Å². The number of aromatic carboxylic acids is 1. The van der Waals surface area contributed by atoms with Crippen LogP contribution in [-0.4, -0.2) is 28.0 Å². The Kier molecular flexibility index (Phi) is 3.19. The van der Waals surface area contributed by atoms with Crippen LogP contribution < -0.4 is 5.32 Å². The van der Waals surface area contributed by atoms with Crippen molar-refractivity contribution in [3.63, 3.8) is 0 Å². The van der Waals surface area contributed by atoms with Crippen molar-refractivity contribution in [2.75, 3.05) is 0 Å². The number of hydrogen-bond acceptors (Lipinski definition) is 4. The molecule has 0 radical (unpaired) electrons. The second-order valence-corrected chi connectivity index (χ2v) is 4.64. The minimum atomic E-state index is -1.10. The van der Waals surface area contributed by atoms with Gasteiger partial charge in [-0.15, -0.1) is 11.3 Å². The highest BCUT2D eigenvalue weighted by molar-refractivity contribution is 7.12. The number of thiazole rings is 1. The summed E-state index contributed by atoms with van der Waals surface area (Å²) in [5, 5.41) is 11.7. The van der Waals surface area contributed by atoms with Crippen molar-refractivity contribution in [2.45, 2.75) is 31.7 Å². The van der Waals surface area contributed by atoms with Gasteiger partial charge in [-0.3, -0.25) is 4.79 Å². The fourth-order valence-corrected chi connectivity index (χ4v) is 2.50. The number of carboxylic acids is 1. The van der Waals surface area contributed by atoms with Gasteiger partial charge in [0.15, 0.2) is 5.69 Å². The van der Waals surface area contributed by atoms with Crippen LogP contribution in [0.2, 0.25) is 0 Å². The monoisotopic (exact) mass is 240 g/mol. The summed E-state index contributed by atoms with van der Waals surface area (Å²) in [5.74, 6) is -1.47. The number of hydrogen-bond donors (Lipinski definition) is 2. The van der Waals surface area contributed by atoms with Gasteiger partial charge in [-0.1, -0.05) is 12.8 Å². The van der Waals surface area contributed by atoms with E-state index >= 15 is 0 Å². The van der Waals surface area contributed by atoms with Crippen molar-refractivity contribution in [1.82, 2.24) is 10.3 Å². The smallest absolute Gasteiger partial charge is 0.348 e. The van der Waals surface area contributed by atoms with E-state index in [1.165, 1.54) is 5.51 Å². The molecule has 0 bridgehead atoms. The van der Waals surface area contributed by atoms with Crippen LogP contribution >= 0.6 is 11.3 Å². The summed E-state index contributed by atoms with van der Waals surface area (Å²) in [5.41, 5.74) is 1.41. The van der Waals surface area contributed by atoms with Crippen LogP contribution in [0.4, 0.5) is 0 Å². The van der Waals surface area contributed by atoms with E-state index < -0.39 is 5.97 Å². The zero-order chi connectivity index (χ0) is 11.5. The van der Waals surface area contributed by atoms with E-state index in [4.69, 9.17) is 5.11 Å². The summed E-state index contributed by atoms with van der Waals surface area (Å²) < 4.78 is 0. The third kappa shape index (κ3) is 2.21. The summed E-state index contributed by atoms with van der Waals surface area (Å²) in [7, 11) is 0. The number of amides is 1. The van der Waals surface area contributed by atoms with Crippen molar-refractivity contribution < 1.29 is 14.7 Å². The standard InChI is InChI=1S/C10H12N2O3S/c13-9(12-6-3-1-2-4-6)7-8(10(14)15)16-5-11-7/h5-6H,1-4H2,(H,12,13)(H,14,15). The van der Waals surface area contributed by atoms with Gasteiger partial charge in [-0.05, 0) is 12.8 Å². The number of carbonyl (C=O) groups excluding carboxylic acids is 1. The Morgan fingerprint density at radius 1 is 1.44 bits per heavy atom. The normalized spacial score (nSPS) is 16.2. The lowest BCUT2D eigenvalue weighted by molar-refractivity contribution is 0.0695. The van der Waals surface area contributed by atoms with Crippen molar-refractivity contribution in [1.29, 1.82) is 0 Å². The Morgan fingerprint density at radius 3 is 2.75 bits per heavy atom. The minimum Gasteiger partial charge on any atom is -0.477 e. The second kappa shape index (κ2) is 4.61. The molecule has 1 aliphatic carbocycles. The third-order valence-electron chi connectivity index (χ3n) is 2.67. The number of nitrogens with one attached hydrogen (secondary N) is 1. The third-order valence-corrected chi connectivity index (χ3v) is 3.48. The summed E-state index contributed by atoms with van der Waals surface area (Å²) in [6.07, 6.45) is 4.18. The van der Waals surface area contributed by atoms with Crippen LogP contribution in [0.1, 0.15) is 45.8 Å². The minimum absolute atomic E-state index is 0.00972. The van der Waals surface area contributed by atoms with Crippen LogP contribution in [0, 0.1) is 0 Å². The number of carbonyl (C=O) groups is 2. The molecular weight excluding hydrogens is 228 g/mol. The van der Waals surface area contributed by atoms with Gasteiger partial charge in [-0.25, -0.2) is 9.78 Å². The Balaban J connectivity index is 2.08. The zero-order valence-corrected chi connectivity index (χ0v) is 9.42. The first-order valence-electron chi connectivity index (χ1n) is 5.16. The molecule has 5 nitrogen and oxygen atoms in total. The highest BCUT2D eigenvalue weighted by Crippen LogP contribution is 2.19. The Labute approximate surface area is 96.5 Å². The molecule has 16 heavy (non-hydrogen) atoms. The van der Waals surface area contributed by atoms with E-state index in [1.807, 2.05) is 0 Å². The van der Waals surface area contributed by atoms with E-state index in [-0.39, 0.29) is 22.5 Å². The van der Waals surface area contributed by atoms with Gasteiger partial charge in [0.1, 0.15) is 4.88 Å². The van der Waals surface area contributed by atoms with E-state index in [0.717, 1.165) is 37.0 Å². The lowest BCUT2D eigenvalue weighted by Gasteiger charge is -2.10. The second-order valence-electron chi connectivity index (χ2n) is 3.79. The molecule has 1 heterocycles. The van der Waals surface area contributed by atoms with Crippen LogP contribution in [-0.2, 0) is 0 Å². The first kappa shape index (κ1) is 11.1. The molecule has 1 aliphatic rings. The molecule has 1 fully saturated rings. The molecule has 0 aromatic carbocycles. The van der Waals surface area contributed by atoms with Crippen molar-refractivity contribution in [3.05, 3.63) is 16.1 Å². The molecule has 2 N–H and O–H groups in total. The van der Waals surface area contributed by atoms with E-state index in [1.54, 1.807) is 0 Å². The molecule has 1 aromatic rings. The van der Waals surface area contributed by atoms with Crippen molar-refractivity contribution in [3.8, 4) is 0 Å². The molecule has 1 aromatic heterocycles. The lowest BCUT2D eigenvalue weighted by Crippen LogP contribution is -2.33. The summed E-state index contributed by atoms with van der Waals surface area (Å²) in [6.45, 7) is 0. The predicted octanol–water partition coefficient (Wildman–Crippen LogP) is 1.51. The van der Waals surface area contributed by atoms with Crippen LogP contribution in [0.15, 0.2) is 5.51 Å². The maximum atomic E-state index is 11.8. The van der Waals surface area contributed by atoms with E-state index in [9.17, 15) is 9.59 Å².